The summed E-state index contributed by atoms with van der Waals surface area (Å²) in [4.78, 5) is 4.53. The van der Waals surface area contributed by atoms with E-state index in [4.69, 9.17) is 11.1 Å². The molecule has 0 aliphatic rings. The molecule has 0 heterocycles. The van der Waals surface area contributed by atoms with Gasteiger partial charge in [-0.1, -0.05) is 6.92 Å². The summed E-state index contributed by atoms with van der Waals surface area (Å²) in [6.45, 7) is 6.33. The molecule has 4 heteroatoms. The van der Waals surface area contributed by atoms with Gasteiger partial charge in [-0.25, -0.2) is 0 Å². The Kier molecular flexibility index (Phi) is 7.42. The summed E-state index contributed by atoms with van der Waals surface area (Å²) >= 11 is 0. The summed E-state index contributed by atoms with van der Waals surface area (Å²) in [6.07, 6.45) is 1.87. The van der Waals surface area contributed by atoms with Crippen LogP contribution in [0.25, 0.3) is 0 Å². The van der Waals surface area contributed by atoms with Crippen LogP contribution in [0.3, 0.4) is 0 Å². The first-order valence-corrected chi connectivity index (χ1v) is 5.26. The fourth-order valence-corrected chi connectivity index (χ4v) is 1.32. The van der Waals surface area contributed by atoms with Gasteiger partial charge in [0.1, 0.15) is 0 Å². The normalized spacial score (nSPS) is 11.2. The van der Waals surface area contributed by atoms with Gasteiger partial charge in [0.05, 0.1) is 5.84 Å². The third-order valence-electron chi connectivity index (χ3n) is 2.22. The number of hydrogen-bond acceptors (Lipinski definition) is 3. The maximum atomic E-state index is 7.15. The van der Waals surface area contributed by atoms with Crippen LogP contribution in [0.1, 0.15) is 19.8 Å². The lowest BCUT2D eigenvalue weighted by atomic mass is 10.3. The molecule has 0 aromatic rings. The molecule has 0 aromatic heterocycles. The molecule has 0 bridgehead atoms. The van der Waals surface area contributed by atoms with Crippen molar-refractivity contribution < 1.29 is 0 Å². The van der Waals surface area contributed by atoms with Gasteiger partial charge in [0.25, 0.3) is 0 Å². The first-order valence-electron chi connectivity index (χ1n) is 5.26. The van der Waals surface area contributed by atoms with Crippen LogP contribution in [0.15, 0.2) is 0 Å². The largest absolute Gasteiger partial charge is 0.388 e. The summed E-state index contributed by atoms with van der Waals surface area (Å²) < 4.78 is 0. The zero-order valence-corrected chi connectivity index (χ0v) is 9.71. The minimum Gasteiger partial charge on any atom is -0.388 e. The number of rotatable bonds is 8. The Morgan fingerprint density at radius 3 is 2.29 bits per heavy atom. The molecule has 0 aromatic carbocycles. The molecule has 0 saturated carbocycles. The molecule has 3 N–H and O–H groups in total. The van der Waals surface area contributed by atoms with Gasteiger partial charge in [-0.3, -0.25) is 5.41 Å². The molecule has 0 aliphatic carbocycles. The van der Waals surface area contributed by atoms with Crippen molar-refractivity contribution in [3.05, 3.63) is 0 Å². The Morgan fingerprint density at radius 2 is 1.86 bits per heavy atom. The van der Waals surface area contributed by atoms with Gasteiger partial charge in [0.2, 0.25) is 0 Å². The van der Waals surface area contributed by atoms with E-state index in [9.17, 15) is 0 Å². The Bertz CT molecular complexity index is 156. The minimum atomic E-state index is 0.288. The third-order valence-corrected chi connectivity index (χ3v) is 2.22. The van der Waals surface area contributed by atoms with Crippen molar-refractivity contribution in [2.24, 2.45) is 5.73 Å². The molecule has 0 rings (SSSR count). The Balaban J connectivity index is 3.52. The molecule has 0 aliphatic heterocycles. The SMILES string of the molecule is CCN(CCCN(C)C)CCC(=N)N. The molecule has 0 unspecified atom stereocenters. The highest BCUT2D eigenvalue weighted by Crippen LogP contribution is 1.94. The van der Waals surface area contributed by atoms with Crippen LogP contribution in [0.2, 0.25) is 0 Å². The molecular weight excluding hydrogens is 176 g/mol. The zero-order valence-electron chi connectivity index (χ0n) is 9.71. The van der Waals surface area contributed by atoms with Gasteiger partial charge in [0, 0.05) is 13.0 Å². The second-order valence-corrected chi connectivity index (χ2v) is 3.87. The van der Waals surface area contributed by atoms with Crippen molar-refractivity contribution in [1.29, 1.82) is 5.41 Å². The van der Waals surface area contributed by atoms with E-state index >= 15 is 0 Å². The predicted octanol–water partition coefficient (Wildman–Crippen LogP) is 0.586. The lowest BCUT2D eigenvalue weighted by Crippen LogP contribution is -2.30. The summed E-state index contributed by atoms with van der Waals surface area (Å²) in [5.74, 6) is 0.288. The second-order valence-electron chi connectivity index (χ2n) is 3.87. The Morgan fingerprint density at radius 1 is 1.21 bits per heavy atom. The van der Waals surface area contributed by atoms with Crippen LogP contribution in [-0.4, -0.2) is 55.9 Å². The average Bonchev–Trinajstić information content (AvgIpc) is 2.10. The fourth-order valence-electron chi connectivity index (χ4n) is 1.32. The molecule has 84 valence electrons. The molecule has 0 fully saturated rings. The van der Waals surface area contributed by atoms with E-state index in [1.165, 1.54) is 6.42 Å². The van der Waals surface area contributed by atoms with Gasteiger partial charge in [-0.15, -0.1) is 0 Å². The minimum absolute atomic E-state index is 0.288. The molecular formula is C10H24N4. The summed E-state index contributed by atoms with van der Waals surface area (Å²) in [7, 11) is 4.18. The standard InChI is InChI=1S/C10H24N4/c1-4-14(9-6-10(11)12)8-5-7-13(2)3/h4-9H2,1-3H3,(H3,11,12). The number of amidine groups is 1. The maximum Gasteiger partial charge on any atom is 0.0918 e. The van der Waals surface area contributed by atoms with Crippen molar-refractivity contribution in [2.75, 3.05) is 40.3 Å². The quantitative estimate of drug-likeness (QED) is 0.445. The van der Waals surface area contributed by atoms with Crippen molar-refractivity contribution >= 4 is 5.84 Å². The van der Waals surface area contributed by atoms with Crippen molar-refractivity contribution in [3.63, 3.8) is 0 Å². The predicted molar refractivity (Wildman–Crippen MR) is 61.8 cm³/mol. The molecule has 0 saturated heterocycles. The highest BCUT2D eigenvalue weighted by atomic mass is 15.1. The fraction of sp³-hybridized carbons (Fsp3) is 0.900. The van der Waals surface area contributed by atoms with Gasteiger partial charge in [0.15, 0.2) is 0 Å². The van der Waals surface area contributed by atoms with E-state index in [0.717, 1.165) is 26.2 Å². The van der Waals surface area contributed by atoms with Gasteiger partial charge >= 0.3 is 0 Å². The highest BCUT2D eigenvalue weighted by molar-refractivity contribution is 5.76. The lowest BCUT2D eigenvalue weighted by Gasteiger charge is -2.20. The van der Waals surface area contributed by atoms with Crippen molar-refractivity contribution in [3.8, 4) is 0 Å². The average molecular weight is 200 g/mol. The topological polar surface area (TPSA) is 56.4 Å². The van der Waals surface area contributed by atoms with Gasteiger partial charge < -0.3 is 15.5 Å². The smallest absolute Gasteiger partial charge is 0.0918 e. The molecule has 0 amide bonds. The van der Waals surface area contributed by atoms with E-state index in [1.54, 1.807) is 0 Å². The van der Waals surface area contributed by atoms with E-state index in [2.05, 4.69) is 30.8 Å². The monoisotopic (exact) mass is 200 g/mol. The zero-order chi connectivity index (χ0) is 11.0. The number of nitrogens with two attached hydrogens (primary N) is 1. The molecule has 0 atom stereocenters. The van der Waals surface area contributed by atoms with Crippen LogP contribution < -0.4 is 5.73 Å². The van der Waals surface area contributed by atoms with Crippen LogP contribution >= 0.6 is 0 Å². The number of nitrogens with one attached hydrogen (secondary N) is 1. The van der Waals surface area contributed by atoms with E-state index in [-0.39, 0.29) is 5.84 Å². The summed E-state index contributed by atoms with van der Waals surface area (Å²) in [6, 6.07) is 0. The van der Waals surface area contributed by atoms with Crippen LogP contribution in [0.5, 0.6) is 0 Å². The third kappa shape index (κ3) is 8.01. The van der Waals surface area contributed by atoms with Gasteiger partial charge in [-0.05, 0) is 40.2 Å². The van der Waals surface area contributed by atoms with E-state index in [1.807, 2.05) is 0 Å². The lowest BCUT2D eigenvalue weighted by molar-refractivity contribution is 0.272. The second kappa shape index (κ2) is 7.76. The molecule has 0 radical (unpaired) electrons. The summed E-state index contributed by atoms with van der Waals surface area (Å²) in [5, 5.41) is 7.15. The Labute approximate surface area is 87.6 Å². The summed E-state index contributed by atoms with van der Waals surface area (Å²) in [5.41, 5.74) is 5.32. The number of nitrogens with zero attached hydrogens (tertiary/aromatic N) is 2. The molecule has 0 spiro atoms. The van der Waals surface area contributed by atoms with Crippen molar-refractivity contribution in [2.45, 2.75) is 19.8 Å². The van der Waals surface area contributed by atoms with E-state index in [0.29, 0.717) is 6.42 Å². The first kappa shape index (κ1) is 13.4. The number of hydrogen-bond donors (Lipinski definition) is 2. The highest BCUT2D eigenvalue weighted by Gasteiger charge is 2.02. The maximum absolute atomic E-state index is 7.15. The Hall–Kier alpha value is -0.610. The molecule has 4 nitrogen and oxygen atoms in total. The first-order chi connectivity index (χ1) is 6.56. The van der Waals surface area contributed by atoms with Crippen LogP contribution in [-0.2, 0) is 0 Å². The van der Waals surface area contributed by atoms with E-state index < -0.39 is 0 Å². The van der Waals surface area contributed by atoms with Crippen LogP contribution in [0.4, 0.5) is 0 Å². The van der Waals surface area contributed by atoms with Crippen molar-refractivity contribution in [1.82, 2.24) is 9.80 Å². The van der Waals surface area contributed by atoms with Crippen LogP contribution in [0, 0.1) is 5.41 Å². The molecule has 14 heavy (non-hydrogen) atoms. The van der Waals surface area contributed by atoms with Gasteiger partial charge in [-0.2, -0.15) is 0 Å².